The van der Waals surface area contributed by atoms with Crippen molar-refractivity contribution in [2.75, 3.05) is 24.6 Å². The molecule has 5 nitrogen and oxygen atoms in total. The van der Waals surface area contributed by atoms with Crippen molar-refractivity contribution in [2.24, 2.45) is 5.73 Å². The fourth-order valence-electron chi connectivity index (χ4n) is 1.85. The number of ether oxygens (including phenoxy) is 1. The molecule has 1 fully saturated rings. The Morgan fingerprint density at radius 1 is 1.50 bits per heavy atom. The van der Waals surface area contributed by atoms with Gasteiger partial charge in [0.1, 0.15) is 0 Å². The van der Waals surface area contributed by atoms with Gasteiger partial charge in [-0.05, 0) is 32.2 Å². The van der Waals surface area contributed by atoms with Crippen LogP contribution < -0.4 is 15.4 Å². The summed E-state index contributed by atoms with van der Waals surface area (Å²) in [5, 5.41) is 0. The van der Waals surface area contributed by atoms with Crippen LogP contribution in [0.2, 0.25) is 0 Å². The number of hydrogen-bond acceptors (Lipinski definition) is 5. The van der Waals surface area contributed by atoms with Gasteiger partial charge in [0.05, 0.1) is 6.61 Å². The topological polar surface area (TPSA) is 64.3 Å². The number of nitrogens with zero attached hydrogens (tertiary/aromatic N) is 3. The molecule has 1 aromatic rings. The lowest BCUT2D eigenvalue weighted by Crippen LogP contribution is -2.30. The average molecular weight is 250 g/mol. The molecule has 0 radical (unpaired) electrons. The Morgan fingerprint density at radius 2 is 2.33 bits per heavy atom. The molecule has 0 aliphatic heterocycles. The van der Waals surface area contributed by atoms with Crippen LogP contribution in [0.15, 0.2) is 12.3 Å². The second kappa shape index (κ2) is 6.54. The summed E-state index contributed by atoms with van der Waals surface area (Å²) >= 11 is 0. The predicted octanol–water partition coefficient (Wildman–Crippen LogP) is 1.58. The fourth-order valence-corrected chi connectivity index (χ4v) is 1.85. The highest BCUT2D eigenvalue weighted by atomic mass is 16.5. The van der Waals surface area contributed by atoms with Crippen molar-refractivity contribution < 1.29 is 4.74 Å². The van der Waals surface area contributed by atoms with E-state index in [1.807, 2.05) is 6.07 Å². The maximum atomic E-state index is 5.58. The van der Waals surface area contributed by atoms with Gasteiger partial charge in [-0.15, -0.1) is 0 Å². The smallest absolute Gasteiger partial charge is 0.228 e. The minimum atomic E-state index is 0.595. The van der Waals surface area contributed by atoms with Crippen molar-refractivity contribution in [1.29, 1.82) is 0 Å². The van der Waals surface area contributed by atoms with Crippen molar-refractivity contribution in [3.05, 3.63) is 12.3 Å². The number of hydrogen-bond donors (Lipinski definition) is 1. The van der Waals surface area contributed by atoms with E-state index in [4.69, 9.17) is 10.5 Å². The highest BCUT2D eigenvalue weighted by Crippen LogP contribution is 2.30. The van der Waals surface area contributed by atoms with Crippen molar-refractivity contribution >= 4 is 5.95 Å². The highest BCUT2D eigenvalue weighted by Gasteiger charge is 2.30. The number of aromatic nitrogens is 2. The zero-order valence-electron chi connectivity index (χ0n) is 11.0. The largest absolute Gasteiger partial charge is 0.478 e. The average Bonchev–Trinajstić information content (AvgIpc) is 3.22. The van der Waals surface area contributed by atoms with E-state index in [9.17, 15) is 0 Å². The Labute approximate surface area is 108 Å². The monoisotopic (exact) mass is 250 g/mol. The van der Waals surface area contributed by atoms with Gasteiger partial charge in [0.25, 0.3) is 0 Å². The molecular formula is C13H22N4O. The van der Waals surface area contributed by atoms with Crippen LogP contribution in [0.1, 0.15) is 32.6 Å². The van der Waals surface area contributed by atoms with E-state index in [-0.39, 0.29) is 0 Å². The molecule has 0 bridgehead atoms. The van der Waals surface area contributed by atoms with Gasteiger partial charge in [0, 0.05) is 24.8 Å². The molecule has 0 spiro atoms. The second-order valence-corrected chi connectivity index (χ2v) is 4.61. The third-order valence-corrected chi connectivity index (χ3v) is 2.92. The van der Waals surface area contributed by atoms with Crippen LogP contribution in [0.5, 0.6) is 5.88 Å². The summed E-state index contributed by atoms with van der Waals surface area (Å²) in [4.78, 5) is 11.1. The summed E-state index contributed by atoms with van der Waals surface area (Å²) in [5.41, 5.74) is 5.58. The van der Waals surface area contributed by atoms with Crippen molar-refractivity contribution in [2.45, 2.75) is 38.6 Å². The van der Waals surface area contributed by atoms with E-state index in [1.54, 1.807) is 6.20 Å². The molecule has 2 rings (SSSR count). The number of nitrogens with two attached hydrogens (primary N) is 1. The summed E-state index contributed by atoms with van der Waals surface area (Å²) < 4.78 is 5.55. The Morgan fingerprint density at radius 3 is 3.00 bits per heavy atom. The summed E-state index contributed by atoms with van der Waals surface area (Å²) in [6.45, 7) is 4.41. The van der Waals surface area contributed by atoms with Crippen LogP contribution in [0.3, 0.4) is 0 Å². The van der Waals surface area contributed by atoms with E-state index in [0.717, 1.165) is 25.3 Å². The van der Waals surface area contributed by atoms with E-state index in [0.29, 0.717) is 25.1 Å². The Hall–Kier alpha value is -1.36. The summed E-state index contributed by atoms with van der Waals surface area (Å²) in [6, 6.07) is 2.41. The summed E-state index contributed by atoms with van der Waals surface area (Å²) in [7, 11) is 0. The van der Waals surface area contributed by atoms with E-state index in [1.165, 1.54) is 12.8 Å². The lowest BCUT2D eigenvalue weighted by Gasteiger charge is -2.22. The van der Waals surface area contributed by atoms with Crippen LogP contribution in [0.4, 0.5) is 5.95 Å². The maximum Gasteiger partial charge on any atom is 0.228 e. The van der Waals surface area contributed by atoms with Gasteiger partial charge in [-0.1, -0.05) is 6.92 Å². The van der Waals surface area contributed by atoms with Crippen LogP contribution in [0, 0.1) is 0 Å². The SMILES string of the molecule is CCCOc1ccnc(N(CCCN)C2CC2)n1. The second-order valence-electron chi connectivity index (χ2n) is 4.61. The molecule has 0 aromatic carbocycles. The maximum absolute atomic E-state index is 5.58. The molecule has 1 heterocycles. The first-order chi connectivity index (χ1) is 8.85. The standard InChI is InChI=1S/C13H22N4O/c1-2-10-18-12-6-8-15-13(16-12)17(9-3-7-14)11-4-5-11/h6,8,11H,2-5,7,9-10,14H2,1H3. The zero-order chi connectivity index (χ0) is 12.8. The number of anilines is 1. The first-order valence-electron chi connectivity index (χ1n) is 6.77. The zero-order valence-corrected chi connectivity index (χ0v) is 11.0. The molecular weight excluding hydrogens is 228 g/mol. The molecule has 0 unspecified atom stereocenters. The fraction of sp³-hybridized carbons (Fsp3) is 0.692. The molecule has 0 atom stereocenters. The third kappa shape index (κ3) is 3.57. The summed E-state index contributed by atoms with van der Waals surface area (Å²) in [5.74, 6) is 1.44. The normalized spacial score (nSPS) is 14.6. The van der Waals surface area contributed by atoms with Gasteiger partial charge in [0.2, 0.25) is 11.8 Å². The first kappa shape index (κ1) is 13.1. The lowest BCUT2D eigenvalue weighted by molar-refractivity contribution is 0.304. The van der Waals surface area contributed by atoms with Gasteiger partial charge < -0.3 is 15.4 Å². The molecule has 100 valence electrons. The molecule has 0 saturated heterocycles. The first-order valence-corrected chi connectivity index (χ1v) is 6.77. The van der Waals surface area contributed by atoms with Crippen LogP contribution in [0.25, 0.3) is 0 Å². The van der Waals surface area contributed by atoms with Crippen LogP contribution >= 0.6 is 0 Å². The minimum Gasteiger partial charge on any atom is -0.478 e. The summed E-state index contributed by atoms with van der Waals surface area (Å²) in [6.07, 6.45) is 6.19. The molecule has 2 N–H and O–H groups in total. The quantitative estimate of drug-likeness (QED) is 0.759. The minimum absolute atomic E-state index is 0.595. The van der Waals surface area contributed by atoms with E-state index >= 15 is 0 Å². The highest BCUT2D eigenvalue weighted by molar-refractivity contribution is 5.35. The molecule has 1 aliphatic carbocycles. The van der Waals surface area contributed by atoms with Gasteiger partial charge in [-0.25, -0.2) is 4.98 Å². The van der Waals surface area contributed by atoms with Gasteiger partial charge >= 0.3 is 0 Å². The van der Waals surface area contributed by atoms with Gasteiger partial charge in [-0.2, -0.15) is 4.98 Å². The van der Waals surface area contributed by atoms with E-state index in [2.05, 4.69) is 21.8 Å². The molecule has 18 heavy (non-hydrogen) atoms. The molecule has 1 saturated carbocycles. The van der Waals surface area contributed by atoms with Crippen LogP contribution in [-0.4, -0.2) is 35.7 Å². The van der Waals surface area contributed by atoms with Crippen LogP contribution in [-0.2, 0) is 0 Å². The van der Waals surface area contributed by atoms with Crippen molar-refractivity contribution in [3.8, 4) is 5.88 Å². The van der Waals surface area contributed by atoms with Crippen molar-refractivity contribution in [3.63, 3.8) is 0 Å². The third-order valence-electron chi connectivity index (χ3n) is 2.92. The Balaban J connectivity index is 2.03. The molecule has 5 heteroatoms. The van der Waals surface area contributed by atoms with E-state index < -0.39 is 0 Å². The lowest BCUT2D eigenvalue weighted by atomic mass is 10.4. The molecule has 0 amide bonds. The number of rotatable bonds is 8. The Bertz CT molecular complexity index is 368. The van der Waals surface area contributed by atoms with Gasteiger partial charge in [-0.3, -0.25) is 0 Å². The van der Waals surface area contributed by atoms with Crippen molar-refractivity contribution in [1.82, 2.24) is 9.97 Å². The predicted molar refractivity (Wildman–Crippen MR) is 71.9 cm³/mol. The molecule has 1 aromatic heterocycles. The van der Waals surface area contributed by atoms with Gasteiger partial charge in [0.15, 0.2) is 0 Å². The molecule has 1 aliphatic rings. The Kier molecular flexibility index (Phi) is 4.75.